The van der Waals surface area contributed by atoms with Gasteiger partial charge in [-0.2, -0.15) is 0 Å². The summed E-state index contributed by atoms with van der Waals surface area (Å²) in [6.07, 6.45) is 1.30. The van der Waals surface area contributed by atoms with Gasteiger partial charge >= 0.3 is 0 Å². The second kappa shape index (κ2) is 5.77. The van der Waals surface area contributed by atoms with Crippen LogP contribution in [0.1, 0.15) is 12.0 Å². The molecule has 1 aliphatic rings. The van der Waals surface area contributed by atoms with Crippen LogP contribution in [0.25, 0.3) is 0 Å². The molecule has 0 spiro atoms. The van der Waals surface area contributed by atoms with E-state index in [2.05, 4.69) is 5.32 Å². The summed E-state index contributed by atoms with van der Waals surface area (Å²) < 4.78 is 18.4. The number of nitrogens with one attached hydrogen (secondary N) is 1. The summed E-state index contributed by atoms with van der Waals surface area (Å²) >= 11 is 0. The highest BCUT2D eigenvalue weighted by Crippen LogP contribution is 2.12. The molecular weight excluding hydrogens is 221 g/mol. The third-order valence-electron chi connectivity index (χ3n) is 2.95. The molecule has 1 N–H and O–H groups in total. The van der Waals surface area contributed by atoms with Crippen LogP contribution in [0, 0.1) is 11.7 Å². The SMILES string of the molecule is O=C(NCCc1ccccc1F)C1CCOC1. The van der Waals surface area contributed by atoms with Gasteiger partial charge in [-0.05, 0) is 24.5 Å². The van der Waals surface area contributed by atoms with E-state index in [-0.39, 0.29) is 17.6 Å². The lowest BCUT2D eigenvalue weighted by molar-refractivity contribution is -0.124. The Morgan fingerprint density at radius 2 is 2.29 bits per heavy atom. The summed E-state index contributed by atoms with van der Waals surface area (Å²) in [5, 5.41) is 2.81. The summed E-state index contributed by atoms with van der Waals surface area (Å²) in [6.45, 7) is 1.63. The Bertz CT molecular complexity index is 389. The molecule has 17 heavy (non-hydrogen) atoms. The number of hydrogen-bond donors (Lipinski definition) is 1. The highest BCUT2D eigenvalue weighted by atomic mass is 19.1. The molecule has 2 rings (SSSR count). The maximum Gasteiger partial charge on any atom is 0.225 e. The van der Waals surface area contributed by atoms with E-state index in [0.29, 0.717) is 31.7 Å². The van der Waals surface area contributed by atoms with E-state index in [0.717, 1.165) is 6.42 Å². The first kappa shape index (κ1) is 12.0. The van der Waals surface area contributed by atoms with Gasteiger partial charge in [0.15, 0.2) is 0 Å². The van der Waals surface area contributed by atoms with Gasteiger partial charge in [0.2, 0.25) is 5.91 Å². The van der Waals surface area contributed by atoms with Crippen LogP contribution in [0.15, 0.2) is 24.3 Å². The molecule has 1 atom stereocenters. The van der Waals surface area contributed by atoms with Crippen LogP contribution < -0.4 is 5.32 Å². The molecule has 0 radical (unpaired) electrons. The highest BCUT2D eigenvalue weighted by Gasteiger charge is 2.22. The zero-order valence-electron chi connectivity index (χ0n) is 9.62. The lowest BCUT2D eigenvalue weighted by atomic mass is 10.1. The fourth-order valence-corrected chi connectivity index (χ4v) is 1.91. The standard InChI is InChI=1S/C13H16FNO2/c14-12-4-2-1-3-10(12)5-7-15-13(16)11-6-8-17-9-11/h1-4,11H,5-9H2,(H,15,16). The Hall–Kier alpha value is -1.42. The highest BCUT2D eigenvalue weighted by molar-refractivity contribution is 5.78. The second-order valence-electron chi connectivity index (χ2n) is 4.19. The van der Waals surface area contributed by atoms with E-state index >= 15 is 0 Å². The molecule has 1 heterocycles. The average molecular weight is 237 g/mol. The summed E-state index contributed by atoms with van der Waals surface area (Å²) in [5.41, 5.74) is 0.635. The van der Waals surface area contributed by atoms with Gasteiger partial charge in [-0.15, -0.1) is 0 Å². The van der Waals surface area contributed by atoms with Crippen LogP contribution in [0.4, 0.5) is 4.39 Å². The molecule has 1 fully saturated rings. The Morgan fingerprint density at radius 1 is 1.47 bits per heavy atom. The lowest BCUT2D eigenvalue weighted by Crippen LogP contribution is -2.32. The number of carbonyl (C=O) groups excluding carboxylic acids is 1. The molecule has 1 amide bonds. The van der Waals surface area contributed by atoms with E-state index in [1.165, 1.54) is 6.07 Å². The molecule has 0 saturated carbocycles. The van der Waals surface area contributed by atoms with Gasteiger partial charge in [0.25, 0.3) is 0 Å². The molecule has 0 aliphatic carbocycles. The fraction of sp³-hybridized carbons (Fsp3) is 0.462. The predicted molar refractivity (Wildman–Crippen MR) is 62.0 cm³/mol. The molecule has 3 nitrogen and oxygen atoms in total. The van der Waals surface area contributed by atoms with Crippen LogP contribution in [-0.2, 0) is 16.0 Å². The Labute approximate surface area is 100.0 Å². The van der Waals surface area contributed by atoms with Crippen LogP contribution in [0.3, 0.4) is 0 Å². The lowest BCUT2D eigenvalue weighted by Gasteiger charge is -2.09. The Morgan fingerprint density at radius 3 is 3.00 bits per heavy atom. The van der Waals surface area contributed by atoms with Gasteiger partial charge < -0.3 is 10.1 Å². The molecule has 1 aromatic rings. The van der Waals surface area contributed by atoms with Crippen molar-refractivity contribution in [3.05, 3.63) is 35.6 Å². The van der Waals surface area contributed by atoms with Crippen molar-refractivity contribution in [1.82, 2.24) is 5.32 Å². The van der Waals surface area contributed by atoms with Crippen LogP contribution in [0.2, 0.25) is 0 Å². The third kappa shape index (κ3) is 3.27. The van der Waals surface area contributed by atoms with Crippen LogP contribution in [-0.4, -0.2) is 25.7 Å². The van der Waals surface area contributed by atoms with Gasteiger partial charge in [-0.3, -0.25) is 4.79 Å². The van der Waals surface area contributed by atoms with Crippen molar-refractivity contribution in [3.8, 4) is 0 Å². The zero-order chi connectivity index (χ0) is 12.1. The number of benzene rings is 1. The zero-order valence-corrected chi connectivity index (χ0v) is 9.62. The average Bonchev–Trinajstić information content (AvgIpc) is 2.85. The quantitative estimate of drug-likeness (QED) is 0.862. The minimum absolute atomic E-state index is 0.0128. The van der Waals surface area contributed by atoms with Crippen molar-refractivity contribution in [2.24, 2.45) is 5.92 Å². The molecule has 92 valence electrons. The van der Waals surface area contributed by atoms with Gasteiger partial charge in [0.05, 0.1) is 12.5 Å². The molecule has 1 saturated heterocycles. The van der Waals surface area contributed by atoms with E-state index in [4.69, 9.17) is 4.74 Å². The van der Waals surface area contributed by atoms with Crippen LogP contribution >= 0.6 is 0 Å². The second-order valence-corrected chi connectivity index (χ2v) is 4.19. The van der Waals surface area contributed by atoms with Gasteiger partial charge in [-0.1, -0.05) is 18.2 Å². The maximum atomic E-state index is 13.3. The van der Waals surface area contributed by atoms with Crippen molar-refractivity contribution in [2.75, 3.05) is 19.8 Å². The van der Waals surface area contributed by atoms with Crippen molar-refractivity contribution in [3.63, 3.8) is 0 Å². The molecule has 1 aromatic carbocycles. The number of ether oxygens (including phenoxy) is 1. The molecule has 4 heteroatoms. The number of hydrogen-bond acceptors (Lipinski definition) is 2. The van der Waals surface area contributed by atoms with Gasteiger partial charge in [-0.25, -0.2) is 4.39 Å². The van der Waals surface area contributed by atoms with Crippen molar-refractivity contribution >= 4 is 5.91 Å². The molecule has 0 bridgehead atoms. The van der Waals surface area contributed by atoms with Crippen molar-refractivity contribution < 1.29 is 13.9 Å². The van der Waals surface area contributed by atoms with E-state index in [9.17, 15) is 9.18 Å². The van der Waals surface area contributed by atoms with Crippen molar-refractivity contribution in [1.29, 1.82) is 0 Å². The van der Waals surface area contributed by atoms with Crippen molar-refractivity contribution in [2.45, 2.75) is 12.8 Å². The first-order valence-electron chi connectivity index (χ1n) is 5.86. The molecule has 1 aliphatic heterocycles. The van der Waals surface area contributed by atoms with Gasteiger partial charge in [0.1, 0.15) is 5.82 Å². The van der Waals surface area contributed by atoms with Gasteiger partial charge in [0, 0.05) is 13.2 Å². The fourth-order valence-electron chi connectivity index (χ4n) is 1.91. The molecule has 0 aromatic heterocycles. The number of amides is 1. The summed E-state index contributed by atoms with van der Waals surface area (Å²) in [4.78, 5) is 11.6. The summed E-state index contributed by atoms with van der Waals surface area (Å²) in [6, 6.07) is 6.63. The normalized spacial score (nSPS) is 19.2. The number of halogens is 1. The first-order valence-corrected chi connectivity index (χ1v) is 5.86. The largest absolute Gasteiger partial charge is 0.381 e. The van der Waals surface area contributed by atoms with E-state index in [1.807, 2.05) is 0 Å². The minimum atomic E-state index is -0.217. The van der Waals surface area contributed by atoms with Crippen LogP contribution in [0.5, 0.6) is 0 Å². The Kier molecular flexibility index (Phi) is 4.09. The third-order valence-corrected chi connectivity index (χ3v) is 2.95. The first-order chi connectivity index (χ1) is 8.27. The topological polar surface area (TPSA) is 38.3 Å². The molecule has 1 unspecified atom stereocenters. The maximum absolute atomic E-state index is 13.3. The Balaban J connectivity index is 1.76. The monoisotopic (exact) mass is 237 g/mol. The smallest absolute Gasteiger partial charge is 0.225 e. The van der Waals surface area contributed by atoms with E-state index < -0.39 is 0 Å². The predicted octanol–water partition coefficient (Wildman–Crippen LogP) is 1.52. The number of rotatable bonds is 4. The summed E-state index contributed by atoms with van der Waals surface area (Å²) in [7, 11) is 0. The molecular formula is C13H16FNO2. The minimum Gasteiger partial charge on any atom is -0.381 e. The number of carbonyl (C=O) groups is 1. The summed E-state index contributed by atoms with van der Waals surface area (Å²) in [5.74, 6) is -0.236. The van der Waals surface area contributed by atoms with E-state index in [1.54, 1.807) is 18.2 Å².